The number of rotatable bonds is 14. The Hall–Kier alpha value is -0.0400. The number of unbranched alkanes of at least 4 members (excludes halogenated alkanes) is 9. The molecular formula is C19H42N+. The van der Waals surface area contributed by atoms with Gasteiger partial charge in [-0.1, -0.05) is 71.6 Å². The van der Waals surface area contributed by atoms with Crippen molar-refractivity contribution in [3.63, 3.8) is 0 Å². The molecule has 0 rings (SSSR count). The van der Waals surface area contributed by atoms with Crippen LogP contribution in [0.15, 0.2) is 0 Å². The van der Waals surface area contributed by atoms with Gasteiger partial charge in [0, 0.05) is 0 Å². The molecule has 0 fully saturated rings. The lowest BCUT2D eigenvalue weighted by Crippen LogP contribution is -2.45. The Morgan fingerprint density at radius 1 is 0.550 bits per heavy atom. The summed E-state index contributed by atoms with van der Waals surface area (Å²) in [5, 5.41) is 0. The van der Waals surface area contributed by atoms with E-state index >= 15 is 0 Å². The van der Waals surface area contributed by atoms with Crippen molar-refractivity contribution in [2.24, 2.45) is 0 Å². The third kappa shape index (κ3) is 11.8. The zero-order chi connectivity index (χ0) is 15.3. The molecule has 20 heavy (non-hydrogen) atoms. The van der Waals surface area contributed by atoms with Gasteiger partial charge in [0.05, 0.1) is 27.2 Å². The highest BCUT2D eigenvalue weighted by Crippen LogP contribution is 2.20. The predicted octanol–water partition coefficient (Wildman–Crippen LogP) is 6.17. The van der Waals surface area contributed by atoms with Gasteiger partial charge in [0.1, 0.15) is 0 Å². The fourth-order valence-corrected chi connectivity index (χ4v) is 3.06. The summed E-state index contributed by atoms with van der Waals surface area (Å²) in [6, 6.07) is 0.878. The molecule has 0 aliphatic heterocycles. The first-order valence-electron chi connectivity index (χ1n) is 9.33. The highest BCUT2D eigenvalue weighted by atomic mass is 15.3. The van der Waals surface area contributed by atoms with Crippen molar-refractivity contribution >= 4 is 0 Å². The average molecular weight is 285 g/mol. The minimum Gasteiger partial charge on any atom is -0.328 e. The van der Waals surface area contributed by atoms with E-state index in [1.54, 1.807) is 0 Å². The van der Waals surface area contributed by atoms with Crippen LogP contribution in [0, 0.1) is 0 Å². The molecule has 1 heteroatoms. The first kappa shape index (κ1) is 20.0. The summed E-state index contributed by atoms with van der Waals surface area (Å²) < 4.78 is 1.16. The summed E-state index contributed by atoms with van der Waals surface area (Å²) >= 11 is 0. The zero-order valence-electron chi connectivity index (χ0n) is 15.2. The number of quaternary nitrogens is 1. The molecule has 122 valence electrons. The molecule has 0 spiro atoms. The van der Waals surface area contributed by atoms with Crippen molar-refractivity contribution in [3.8, 4) is 0 Å². The average Bonchev–Trinajstić information content (AvgIpc) is 2.38. The van der Waals surface area contributed by atoms with Crippen molar-refractivity contribution in [2.75, 3.05) is 21.1 Å². The Bertz CT molecular complexity index is 192. The third-order valence-electron chi connectivity index (χ3n) is 4.63. The van der Waals surface area contributed by atoms with Crippen LogP contribution in [0.25, 0.3) is 0 Å². The van der Waals surface area contributed by atoms with Gasteiger partial charge in [0.2, 0.25) is 0 Å². The van der Waals surface area contributed by atoms with Crippen LogP contribution in [-0.2, 0) is 0 Å². The van der Waals surface area contributed by atoms with Gasteiger partial charge in [-0.3, -0.25) is 0 Å². The maximum atomic E-state index is 2.38. The third-order valence-corrected chi connectivity index (χ3v) is 4.63. The lowest BCUT2D eigenvalue weighted by molar-refractivity contribution is -0.896. The van der Waals surface area contributed by atoms with E-state index in [9.17, 15) is 0 Å². The van der Waals surface area contributed by atoms with Crippen LogP contribution < -0.4 is 0 Å². The summed E-state index contributed by atoms with van der Waals surface area (Å²) in [7, 11) is 7.15. The van der Waals surface area contributed by atoms with Crippen molar-refractivity contribution in [3.05, 3.63) is 0 Å². The van der Waals surface area contributed by atoms with Crippen LogP contribution in [0.3, 0.4) is 0 Å². The molecular weight excluding hydrogens is 242 g/mol. The molecule has 0 heterocycles. The monoisotopic (exact) mass is 284 g/mol. The minimum atomic E-state index is 0.878. The lowest BCUT2D eigenvalue weighted by Gasteiger charge is -2.34. The Morgan fingerprint density at radius 3 is 1.25 bits per heavy atom. The maximum absolute atomic E-state index is 2.38. The van der Waals surface area contributed by atoms with Crippen LogP contribution in [0.2, 0.25) is 0 Å². The molecule has 1 nitrogen and oxygen atoms in total. The van der Waals surface area contributed by atoms with Gasteiger partial charge >= 0.3 is 0 Å². The van der Waals surface area contributed by atoms with Crippen molar-refractivity contribution in [1.29, 1.82) is 0 Å². The Kier molecular flexibility index (Phi) is 12.7. The highest BCUT2D eigenvalue weighted by molar-refractivity contribution is 4.60. The number of nitrogens with zero attached hydrogens (tertiary/aromatic N) is 1. The van der Waals surface area contributed by atoms with E-state index in [4.69, 9.17) is 0 Å². The van der Waals surface area contributed by atoms with E-state index in [0.29, 0.717) is 0 Å². The smallest absolute Gasteiger partial charge is 0.0884 e. The molecule has 0 amide bonds. The molecule has 0 aromatic heterocycles. The van der Waals surface area contributed by atoms with E-state index in [-0.39, 0.29) is 0 Å². The van der Waals surface area contributed by atoms with Gasteiger partial charge in [0.15, 0.2) is 0 Å². The second-order valence-electron chi connectivity index (χ2n) is 7.53. The molecule has 0 aromatic rings. The van der Waals surface area contributed by atoms with Crippen LogP contribution in [-0.4, -0.2) is 31.7 Å². The van der Waals surface area contributed by atoms with E-state index in [1.807, 2.05) is 0 Å². The predicted molar refractivity (Wildman–Crippen MR) is 93.2 cm³/mol. The molecule has 0 aliphatic carbocycles. The largest absolute Gasteiger partial charge is 0.328 e. The minimum absolute atomic E-state index is 0.878. The molecule has 0 aliphatic rings. The van der Waals surface area contributed by atoms with E-state index in [2.05, 4.69) is 35.0 Å². The van der Waals surface area contributed by atoms with Gasteiger partial charge in [-0.2, -0.15) is 0 Å². The molecule has 1 unspecified atom stereocenters. The molecule has 1 atom stereocenters. The van der Waals surface area contributed by atoms with E-state index in [0.717, 1.165) is 10.5 Å². The second-order valence-corrected chi connectivity index (χ2v) is 7.53. The van der Waals surface area contributed by atoms with Crippen LogP contribution in [0.5, 0.6) is 0 Å². The first-order chi connectivity index (χ1) is 9.52. The van der Waals surface area contributed by atoms with Gasteiger partial charge in [0.25, 0.3) is 0 Å². The van der Waals surface area contributed by atoms with Gasteiger partial charge in [-0.05, 0) is 25.7 Å². The van der Waals surface area contributed by atoms with Crippen LogP contribution in [0.4, 0.5) is 0 Å². The van der Waals surface area contributed by atoms with Gasteiger partial charge < -0.3 is 4.48 Å². The normalized spacial score (nSPS) is 13.7. The number of hydrogen-bond acceptors (Lipinski definition) is 0. The lowest BCUT2D eigenvalue weighted by atomic mass is 9.98. The SMILES string of the molecule is CCCCCCCCC(CCCCCCC)[N+](C)(C)C. The Labute approximate surface area is 129 Å². The van der Waals surface area contributed by atoms with Gasteiger partial charge in [-0.15, -0.1) is 0 Å². The van der Waals surface area contributed by atoms with Crippen molar-refractivity contribution in [1.82, 2.24) is 0 Å². The molecule has 0 aromatic carbocycles. The second kappa shape index (κ2) is 12.7. The summed E-state index contributed by atoms with van der Waals surface area (Å²) in [4.78, 5) is 0. The van der Waals surface area contributed by atoms with E-state index < -0.39 is 0 Å². The van der Waals surface area contributed by atoms with Crippen LogP contribution >= 0.6 is 0 Å². The van der Waals surface area contributed by atoms with Gasteiger partial charge in [-0.25, -0.2) is 0 Å². The molecule has 0 saturated carbocycles. The number of hydrogen-bond donors (Lipinski definition) is 0. The Balaban J connectivity index is 3.75. The Morgan fingerprint density at radius 2 is 0.900 bits per heavy atom. The summed E-state index contributed by atoms with van der Waals surface area (Å²) in [5.74, 6) is 0. The standard InChI is InChI=1S/C19H42N/c1-6-8-10-12-14-16-18-19(20(3,4)5)17-15-13-11-9-7-2/h19H,6-18H2,1-5H3/q+1. The van der Waals surface area contributed by atoms with E-state index in [1.165, 1.54) is 83.5 Å². The first-order valence-corrected chi connectivity index (χ1v) is 9.33. The summed E-state index contributed by atoms with van der Waals surface area (Å²) in [6.07, 6.45) is 18.6. The summed E-state index contributed by atoms with van der Waals surface area (Å²) in [5.41, 5.74) is 0. The topological polar surface area (TPSA) is 0 Å². The molecule has 0 N–H and O–H groups in total. The van der Waals surface area contributed by atoms with Crippen molar-refractivity contribution in [2.45, 2.75) is 103 Å². The maximum Gasteiger partial charge on any atom is 0.0884 e. The molecule has 0 bridgehead atoms. The molecule has 0 radical (unpaired) electrons. The summed E-state index contributed by atoms with van der Waals surface area (Å²) in [6.45, 7) is 4.60. The van der Waals surface area contributed by atoms with Crippen molar-refractivity contribution < 1.29 is 4.48 Å². The fraction of sp³-hybridized carbons (Fsp3) is 1.00. The zero-order valence-corrected chi connectivity index (χ0v) is 15.2. The van der Waals surface area contributed by atoms with Crippen LogP contribution in [0.1, 0.15) is 97.3 Å². The fourth-order valence-electron chi connectivity index (χ4n) is 3.06. The highest BCUT2D eigenvalue weighted by Gasteiger charge is 2.22. The quantitative estimate of drug-likeness (QED) is 0.264. The molecule has 0 saturated heterocycles.